The second-order valence-electron chi connectivity index (χ2n) is 3.18. The van der Waals surface area contributed by atoms with E-state index in [9.17, 15) is 0 Å². The second kappa shape index (κ2) is 4.22. The number of ether oxygens (including phenoxy) is 2. The Morgan fingerprint density at radius 1 is 1.12 bits per heavy atom. The van der Waals surface area contributed by atoms with Gasteiger partial charge in [0.1, 0.15) is 17.1 Å². The van der Waals surface area contributed by atoms with Crippen LogP contribution < -0.4 is 9.47 Å². The van der Waals surface area contributed by atoms with E-state index in [4.69, 9.17) is 14.0 Å². The standard InChI is InChI=1S/C11H12N2O3/c1-7-12-11(16-13-7)10-8(14-2)5-4-6-9(10)15-3/h4-6H,1-3H3. The molecular formula is C11H12N2O3. The number of rotatable bonds is 3. The molecule has 0 aliphatic carbocycles. The second-order valence-corrected chi connectivity index (χ2v) is 3.18. The van der Waals surface area contributed by atoms with Crippen molar-refractivity contribution in [2.45, 2.75) is 6.92 Å². The van der Waals surface area contributed by atoms with Gasteiger partial charge in [0.25, 0.3) is 5.89 Å². The lowest BCUT2D eigenvalue weighted by Gasteiger charge is -2.09. The molecule has 0 saturated heterocycles. The Balaban J connectivity index is 2.60. The Kier molecular flexibility index (Phi) is 2.76. The summed E-state index contributed by atoms with van der Waals surface area (Å²) in [6.07, 6.45) is 0. The highest BCUT2D eigenvalue weighted by molar-refractivity contribution is 5.70. The summed E-state index contributed by atoms with van der Waals surface area (Å²) in [4.78, 5) is 4.16. The Hall–Kier alpha value is -2.04. The van der Waals surface area contributed by atoms with Gasteiger partial charge < -0.3 is 14.0 Å². The lowest BCUT2D eigenvalue weighted by atomic mass is 10.1. The number of hydrogen-bond donors (Lipinski definition) is 0. The number of aryl methyl sites for hydroxylation is 1. The van der Waals surface area contributed by atoms with Crippen molar-refractivity contribution in [3.05, 3.63) is 24.0 Å². The molecule has 0 saturated carbocycles. The van der Waals surface area contributed by atoms with Crippen molar-refractivity contribution in [2.24, 2.45) is 0 Å². The van der Waals surface area contributed by atoms with Gasteiger partial charge in [0.05, 0.1) is 14.2 Å². The van der Waals surface area contributed by atoms with Gasteiger partial charge in [-0.05, 0) is 19.1 Å². The fourth-order valence-corrected chi connectivity index (χ4v) is 1.46. The van der Waals surface area contributed by atoms with E-state index in [1.54, 1.807) is 21.1 Å². The molecule has 0 aliphatic rings. The van der Waals surface area contributed by atoms with Gasteiger partial charge in [0.15, 0.2) is 5.82 Å². The summed E-state index contributed by atoms with van der Waals surface area (Å²) in [6.45, 7) is 1.76. The molecule has 2 rings (SSSR count). The van der Waals surface area contributed by atoms with E-state index in [1.807, 2.05) is 18.2 Å². The van der Waals surface area contributed by atoms with Crippen LogP contribution in [0.4, 0.5) is 0 Å². The largest absolute Gasteiger partial charge is 0.496 e. The van der Waals surface area contributed by atoms with Crippen LogP contribution in [0.2, 0.25) is 0 Å². The third-order valence-corrected chi connectivity index (χ3v) is 2.17. The summed E-state index contributed by atoms with van der Waals surface area (Å²) < 4.78 is 15.6. The zero-order valence-corrected chi connectivity index (χ0v) is 9.35. The van der Waals surface area contributed by atoms with Crippen LogP contribution in [0.1, 0.15) is 5.82 Å². The summed E-state index contributed by atoms with van der Waals surface area (Å²) in [7, 11) is 3.17. The third kappa shape index (κ3) is 1.71. The topological polar surface area (TPSA) is 57.4 Å². The first-order valence-corrected chi connectivity index (χ1v) is 4.78. The van der Waals surface area contributed by atoms with Crippen LogP contribution in [-0.4, -0.2) is 24.4 Å². The molecule has 1 aromatic heterocycles. The first-order chi connectivity index (χ1) is 7.76. The van der Waals surface area contributed by atoms with E-state index in [0.717, 1.165) is 0 Å². The van der Waals surface area contributed by atoms with E-state index in [-0.39, 0.29) is 0 Å². The highest BCUT2D eigenvalue weighted by Crippen LogP contribution is 2.36. The number of aromatic nitrogens is 2. The summed E-state index contributed by atoms with van der Waals surface area (Å²) >= 11 is 0. The predicted octanol–water partition coefficient (Wildman–Crippen LogP) is 2.06. The van der Waals surface area contributed by atoms with Gasteiger partial charge in [-0.25, -0.2) is 0 Å². The van der Waals surface area contributed by atoms with Crippen LogP contribution in [-0.2, 0) is 0 Å². The van der Waals surface area contributed by atoms with E-state index >= 15 is 0 Å². The fraction of sp³-hybridized carbons (Fsp3) is 0.273. The smallest absolute Gasteiger partial charge is 0.265 e. The number of hydrogen-bond acceptors (Lipinski definition) is 5. The van der Waals surface area contributed by atoms with Crippen molar-refractivity contribution in [1.82, 2.24) is 10.1 Å². The summed E-state index contributed by atoms with van der Waals surface area (Å²) in [5.41, 5.74) is 0.674. The SMILES string of the molecule is COc1cccc(OC)c1-c1nc(C)no1. The lowest BCUT2D eigenvalue weighted by molar-refractivity contribution is 0.385. The fourth-order valence-electron chi connectivity index (χ4n) is 1.46. The predicted molar refractivity (Wildman–Crippen MR) is 57.6 cm³/mol. The molecule has 0 radical (unpaired) electrons. The zero-order valence-electron chi connectivity index (χ0n) is 9.35. The van der Waals surface area contributed by atoms with Crippen molar-refractivity contribution in [3.63, 3.8) is 0 Å². The molecule has 5 heteroatoms. The first kappa shape index (κ1) is 10.5. The van der Waals surface area contributed by atoms with Crippen molar-refractivity contribution in [2.75, 3.05) is 14.2 Å². The van der Waals surface area contributed by atoms with E-state index in [0.29, 0.717) is 28.8 Å². The molecule has 0 unspecified atom stereocenters. The Morgan fingerprint density at radius 3 is 2.19 bits per heavy atom. The van der Waals surface area contributed by atoms with Gasteiger partial charge in [-0.3, -0.25) is 0 Å². The third-order valence-electron chi connectivity index (χ3n) is 2.17. The molecule has 5 nitrogen and oxygen atoms in total. The maximum atomic E-state index is 5.24. The molecule has 0 amide bonds. The average Bonchev–Trinajstić information content (AvgIpc) is 2.74. The average molecular weight is 220 g/mol. The van der Waals surface area contributed by atoms with Crippen LogP contribution in [0.3, 0.4) is 0 Å². The molecule has 0 aliphatic heterocycles. The van der Waals surface area contributed by atoms with Gasteiger partial charge in [-0.1, -0.05) is 11.2 Å². The molecule has 0 spiro atoms. The van der Waals surface area contributed by atoms with Gasteiger partial charge in [-0.2, -0.15) is 4.98 Å². The quantitative estimate of drug-likeness (QED) is 0.792. The molecule has 1 heterocycles. The summed E-state index contributed by atoms with van der Waals surface area (Å²) in [6, 6.07) is 5.47. The van der Waals surface area contributed by atoms with Crippen molar-refractivity contribution in [3.8, 4) is 23.0 Å². The van der Waals surface area contributed by atoms with Crippen LogP contribution in [0, 0.1) is 6.92 Å². The minimum Gasteiger partial charge on any atom is -0.496 e. The van der Waals surface area contributed by atoms with Crippen LogP contribution in [0.5, 0.6) is 11.5 Å². The van der Waals surface area contributed by atoms with Crippen molar-refractivity contribution < 1.29 is 14.0 Å². The zero-order chi connectivity index (χ0) is 11.5. The molecule has 16 heavy (non-hydrogen) atoms. The highest BCUT2D eigenvalue weighted by atomic mass is 16.5. The molecule has 0 bridgehead atoms. The molecule has 84 valence electrons. The van der Waals surface area contributed by atoms with Crippen LogP contribution >= 0.6 is 0 Å². The number of benzene rings is 1. The molecular weight excluding hydrogens is 208 g/mol. The number of nitrogens with zero attached hydrogens (tertiary/aromatic N) is 2. The molecule has 2 aromatic rings. The van der Waals surface area contributed by atoms with E-state index < -0.39 is 0 Å². The molecule has 0 N–H and O–H groups in total. The summed E-state index contributed by atoms with van der Waals surface area (Å²) in [5.74, 6) is 2.25. The minimum atomic E-state index is 0.395. The van der Waals surface area contributed by atoms with E-state index in [1.165, 1.54) is 0 Å². The molecule has 0 atom stereocenters. The van der Waals surface area contributed by atoms with Crippen LogP contribution in [0.25, 0.3) is 11.5 Å². The van der Waals surface area contributed by atoms with Crippen molar-refractivity contribution >= 4 is 0 Å². The Bertz CT molecular complexity index is 471. The maximum Gasteiger partial charge on any atom is 0.265 e. The highest BCUT2D eigenvalue weighted by Gasteiger charge is 2.17. The Labute approximate surface area is 93.0 Å². The van der Waals surface area contributed by atoms with Gasteiger partial charge in [0.2, 0.25) is 0 Å². The number of methoxy groups -OCH3 is 2. The maximum absolute atomic E-state index is 5.24. The van der Waals surface area contributed by atoms with Crippen molar-refractivity contribution in [1.29, 1.82) is 0 Å². The summed E-state index contributed by atoms with van der Waals surface area (Å²) in [5, 5.41) is 3.75. The van der Waals surface area contributed by atoms with Gasteiger partial charge >= 0.3 is 0 Å². The normalized spacial score (nSPS) is 10.2. The van der Waals surface area contributed by atoms with E-state index in [2.05, 4.69) is 10.1 Å². The molecule has 0 fully saturated rings. The minimum absolute atomic E-state index is 0.395. The first-order valence-electron chi connectivity index (χ1n) is 4.78. The Morgan fingerprint density at radius 2 is 1.75 bits per heavy atom. The lowest BCUT2D eigenvalue weighted by Crippen LogP contribution is -1.93. The van der Waals surface area contributed by atoms with Gasteiger partial charge in [0, 0.05) is 0 Å². The van der Waals surface area contributed by atoms with Gasteiger partial charge in [-0.15, -0.1) is 0 Å². The monoisotopic (exact) mass is 220 g/mol. The van der Waals surface area contributed by atoms with Crippen LogP contribution in [0.15, 0.2) is 22.7 Å². The molecule has 1 aromatic carbocycles.